The maximum atomic E-state index is 14.0. The van der Waals surface area contributed by atoms with Crippen molar-refractivity contribution in [2.75, 3.05) is 13.2 Å². The number of fused-ring (bicyclic) bond motifs is 1. The minimum absolute atomic E-state index is 0.0368. The van der Waals surface area contributed by atoms with E-state index in [4.69, 9.17) is 4.74 Å². The first kappa shape index (κ1) is 14.9. The minimum atomic E-state index is -0.362. The van der Waals surface area contributed by atoms with Crippen LogP contribution in [-0.2, 0) is 4.74 Å². The molecule has 1 unspecified atom stereocenters. The van der Waals surface area contributed by atoms with E-state index in [0.717, 1.165) is 24.2 Å². The van der Waals surface area contributed by atoms with Crippen LogP contribution in [0.1, 0.15) is 46.4 Å². The molecule has 22 heavy (non-hydrogen) atoms. The zero-order valence-electron chi connectivity index (χ0n) is 12.3. The predicted molar refractivity (Wildman–Crippen MR) is 79.2 cm³/mol. The maximum absolute atomic E-state index is 14.0. The first-order valence-electron chi connectivity index (χ1n) is 7.58. The molecule has 0 radical (unpaired) electrons. The number of imide groups is 1. The summed E-state index contributed by atoms with van der Waals surface area (Å²) in [5, 5.41) is 0. The zero-order valence-corrected chi connectivity index (χ0v) is 12.3. The Balaban J connectivity index is 1.63. The minimum Gasteiger partial charge on any atom is -0.378 e. The summed E-state index contributed by atoms with van der Waals surface area (Å²) < 4.78 is 19.4. The number of amides is 2. The Bertz CT molecular complexity index is 585. The molecule has 1 aromatic rings. The highest BCUT2D eigenvalue weighted by Crippen LogP contribution is 2.23. The van der Waals surface area contributed by atoms with Gasteiger partial charge in [-0.05, 0) is 37.5 Å². The Labute approximate surface area is 128 Å². The van der Waals surface area contributed by atoms with E-state index in [1.165, 1.54) is 6.08 Å². The lowest BCUT2D eigenvalue weighted by molar-refractivity contribution is 0.0138. The maximum Gasteiger partial charge on any atom is 0.261 e. The van der Waals surface area contributed by atoms with Crippen LogP contribution in [0.4, 0.5) is 4.39 Å². The molecular formula is C17H18FNO3. The zero-order chi connectivity index (χ0) is 15.5. The monoisotopic (exact) mass is 303 g/mol. The smallest absolute Gasteiger partial charge is 0.261 e. The molecule has 4 nitrogen and oxygen atoms in total. The van der Waals surface area contributed by atoms with Crippen LogP contribution in [0.3, 0.4) is 0 Å². The average molecular weight is 303 g/mol. The number of rotatable bonds is 4. The topological polar surface area (TPSA) is 46.6 Å². The molecule has 1 saturated heterocycles. The lowest BCUT2D eigenvalue weighted by atomic mass is 10.1. The Morgan fingerprint density at radius 3 is 2.50 bits per heavy atom. The van der Waals surface area contributed by atoms with Gasteiger partial charge in [-0.2, -0.15) is 0 Å². The second-order valence-corrected chi connectivity index (χ2v) is 5.61. The van der Waals surface area contributed by atoms with Gasteiger partial charge in [-0.15, -0.1) is 0 Å². The highest BCUT2D eigenvalue weighted by molar-refractivity contribution is 6.21. The van der Waals surface area contributed by atoms with Crippen LogP contribution in [-0.4, -0.2) is 36.0 Å². The molecule has 0 saturated carbocycles. The first-order valence-corrected chi connectivity index (χ1v) is 7.58. The number of carbonyl (C=O) groups is 2. The number of ether oxygens (including phenoxy) is 1. The molecule has 3 rings (SSSR count). The van der Waals surface area contributed by atoms with E-state index in [0.29, 0.717) is 17.7 Å². The van der Waals surface area contributed by atoms with Gasteiger partial charge in [0, 0.05) is 13.0 Å². The van der Waals surface area contributed by atoms with Gasteiger partial charge in [0.25, 0.3) is 11.8 Å². The van der Waals surface area contributed by atoms with Crippen molar-refractivity contribution in [3.63, 3.8) is 0 Å². The Hall–Kier alpha value is -2.01. The average Bonchev–Trinajstić information content (AvgIpc) is 2.78. The van der Waals surface area contributed by atoms with E-state index in [2.05, 4.69) is 0 Å². The van der Waals surface area contributed by atoms with Crippen molar-refractivity contribution in [1.29, 1.82) is 0 Å². The molecular weight excluding hydrogens is 285 g/mol. The Morgan fingerprint density at radius 1 is 1.23 bits per heavy atom. The second kappa shape index (κ2) is 6.40. The van der Waals surface area contributed by atoms with Crippen molar-refractivity contribution in [2.45, 2.75) is 31.8 Å². The summed E-state index contributed by atoms with van der Waals surface area (Å²) in [4.78, 5) is 25.4. The highest BCUT2D eigenvalue weighted by atomic mass is 19.1. The van der Waals surface area contributed by atoms with Crippen molar-refractivity contribution in [1.82, 2.24) is 4.90 Å². The quantitative estimate of drug-likeness (QED) is 0.803. The van der Waals surface area contributed by atoms with Gasteiger partial charge in [0.1, 0.15) is 5.83 Å². The van der Waals surface area contributed by atoms with E-state index in [1.54, 1.807) is 24.3 Å². The molecule has 2 aliphatic heterocycles. The molecule has 2 heterocycles. The van der Waals surface area contributed by atoms with Crippen molar-refractivity contribution >= 4 is 11.8 Å². The summed E-state index contributed by atoms with van der Waals surface area (Å²) in [6, 6.07) is 6.66. The fourth-order valence-corrected chi connectivity index (χ4v) is 2.86. The standard InChI is InChI=1S/C17H18FNO3/c18-12(11-13-5-3-4-10-22-13)8-9-19-16(20)14-6-1-2-7-15(14)17(19)21/h1-2,6-8,13H,3-5,9-11H2. The van der Waals surface area contributed by atoms with Gasteiger partial charge in [-0.25, -0.2) is 4.39 Å². The van der Waals surface area contributed by atoms with Crippen molar-refractivity contribution in [3.8, 4) is 0 Å². The third-order valence-corrected chi connectivity index (χ3v) is 4.07. The summed E-state index contributed by atoms with van der Waals surface area (Å²) >= 11 is 0. The lowest BCUT2D eigenvalue weighted by Crippen LogP contribution is -2.30. The van der Waals surface area contributed by atoms with Crippen LogP contribution in [0.25, 0.3) is 0 Å². The third-order valence-electron chi connectivity index (χ3n) is 4.07. The summed E-state index contributed by atoms with van der Waals surface area (Å²) in [6.45, 7) is 0.640. The molecule has 0 spiro atoms. The van der Waals surface area contributed by atoms with E-state index >= 15 is 0 Å². The summed E-state index contributed by atoms with van der Waals surface area (Å²) in [7, 11) is 0. The highest BCUT2D eigenvalue weighted by Gasteiger charge is 2.34. The van der Waals surface area contributed by atoms with E-state index in [9.17, 15) is 14.0 Å². The van der Waals surface area contributed by atoms with Crippen LogP contribution in [0.2, 0.25) is 0 Å². The number of hydrogen-bond donors (Lipinski definition) is 0. The third kappa shape index (κ3) is 2.95. The van der Waals surface area contributed by atoms with Crippen LogP contribution in [0, 0.1) is 0 Å². The number of halogens is 1. The summed E-state index contributed by atoms with van der Waals surface area (Å²) in [5.74, 6) is -1.06. The first-order chi connectivity index (χ1) is 10.7. The number of benzene rings is 1. The number of carbonyl (C=O) groups excluding carboxylic acids is 2. The fraction of sp³-hybridized carbons (Fsp3) is 0.412. The van der Waals surface area contributed by atoms with Gasteiger partial charge in [-0.1, -0.05) is 12.1 Å². The lowest BCUT2D eigenvalue weighted by Gasteiger charge is -2.21. The molecule has 5 heteroatoms. The molecule has 0 aromatic heterocycles. The van der Waals surface area contributed by atoms with Crippen LogP contribution in [0.15, 0.2) is 36.2 Å². The molecule has 1 atom stereocenters. The summed E-state index contributed by atoms with van der Waals surface area (Å²) in [6.07, 6.45) is 4.36. The van der Waals surface area contributed by atoms with Crippen molar-refractivity contribution in [3.05, 3.63) is 47.3 Å². The molecule has 2 aliphatic rings. The summed E-state index contributed by atoms with van der Waals surface area (Å²) in [5.41, 5.74) is 0.772. The fourth-order valence-electron chi connectivity index (χ4n) is 2.86. The van der Waals surface area contributed by atoms with Crippen molar-refractivity contribution in [2.24, 2.45) is 0 Å². The van der Waals surface area contributed by atoms with Gasteiger partial charge in [0.2, 0.25) is 0 Å². The van der Waals surface area contributed by atoms with Crippen molar-refractivity contribution < 1.29 is 18.7 Å². The van der Waals surface area contributed by atoms with Gasteiger partial charge in [-0.3, -0.25) is 14.5 Å². The van der Waals surface area contributed by atoms with Gasteiger partial charge >= 0.3 is 0 Å². The van der Waals surface area contributed by atoms with Crippen LogP contribution < -0.4 is 0 Å². The molecule has 0 aliphatic carbocycles. The largest absolute Gasteiger partial charge is 0.378 e. The van der Waals surface area contributed by atoms with Gasteiger partial charge < -0.3 is 4.74 Å². The number of hydrogen-bond acceptors (Lipinski definition) is 3. The molecule has 116 valence electrons. The molecule has 2 amide bonds. The van der Waals surface area contributed by atoms with Crippen LogP contribution in [0.5, 0.6) is 0 Å². The second-order valence-electron chi connectivity index (χ2n) is 5.61. The van der Waals surface area contributed by atoms with E-state index < -0.39 is 0 Å². The Kier molecular flexibility index (Phi) is 4.34. The molecule has 1 aromatic carbocycles. The Morgan fingerprint density at radius 2 is 1.91 bits per heavy atom. The SMILES string of the molecule is O=C1c2ccccc2C(=O)N1CC=C(F)CC1CCCCO1. The van der Waals surface area contributed by atoms with E-state index in [1.807, 2.05) is 0 Å². The predicted octanol–water partition coefficient (Wildman–Crippen LogP) is 3.10. The molecule has 0 bridgehead atoms. The van der Waals surface area contributed by atoms with E-state index in [-0.39, 0.29) is 36.7 Å². The molecule has 0 N–H and O–H groups in total. The normalized spacial score (nSPS) is 22.1. The number of nitrogens with zero attached hydrogens (tertiary/aromatic N) is 1. The van der Waals surface area contributed by atoms with Gasteiger partial charge in [0.15, 0.2) is 0 Å². The van der Waals surface area contributed by atoms with Gasteiger partial charge in [0.05, 0.1) is 23.8 Å². The van der Waals surface area contributed by atoms with Crippen LogP contribution >= 0.6 is 0 Å². The molecule has 1 fully saturated rings.